The summed E-state index contributed by atoms with van der Waals surface area (Å²) < 4.78 is 13.3. The van der Waals surface area contributed by atoms with Gasteiger partial charge in [-0.05, 0) is 24.5 Å². The van der Waals surface area contributed by atoms with E-state index in [1.165, 1.54) is 12.5 Å². The van der Waals surface area contributed by atoms with Crippen LogP contribution in [0.5, 0.6) is 0 Å². The number of rotatable bonds is 7. The Morgan fingerprint density at radius 2 is 2.05 bits per heavy atom. The molecule has 1 unspecified atom stereocenters. The molecular weight excluding hydrogens is 243 g/mol. The molecule has 106 valence electrons. The van der Waals surface area contributed by atoms with Crippen LogP contribution in [0, 0.1) is 11.7 Å². The van der Waals surface area contributed by atoms with E-state index >= 15 is 0 Å². The zero-order valence-electron chi connectivity index (χ0n) is 11.7. The molecule has 1 atom stereocenters. The fourth-order valence-corrected chi connectivity index (χ4v) is 1.91. The molecule has 0 radical (unpaired) electrons. The molecule has 0 aliphatic carbocycles. The average Bonchev–Trinajstić information content (AvgIpc) is 2.41. The number of carbonyl (C=O) groups excluding carboxylic acids is 1. The lowest BCUT2D eigenvalue weighted by atomic mass is 9.99. The average molecular weight is 266 g/mol. The Morgan fingerprint density at radius 3 is 2.68 bits per heavy atom. The smallest absolute Gasteiger partial charge is 0.319 e. The third-order valence-corrected chi connectivity index (χ3v) is 3.22. The highest BCUT2D eigenvalue weighted by Gasteiger charge is 2.09. The fraction of sp³-hybridized carbons (Fsp3) is 0.533. The number of hydrogen-bond acceptors (Lipinski definition) is 1. The summed E-state index contributed by atoms with van der Waals surface area (Å²) in [6.45, 7) is 4.92. The molecule has 0 heterocycles. The molecule has 4 heteroatoms. The molecule has 3 nitrogen and oxygen atoms in total. The Labute approximate surface area is 114 Å². The summed E-state index contributed by atoms with van der Waals surface area (Å²) in [6.07, 6.45) is 4.50. The normalized spacial score (nSPS) is 11.9. The van der Waals surface area contributed by atoms with Gasteiger partial charge >= 0.3 is 6.03 Å². The van der Waals surface area contributed by atoms with Crippen molar-refractivity contribution in [2.24, 2.45) is 5.92 Å². The molecule has 0 aliphatic heterocycles. The summed E-state index contributed by atoms with van der Waals surface area (Å²) in [6, 6.07) is 5.81. The second-order valence-corrected chi connectivity index (χ2v) is 4.73. The van der Waals surface area contributed by atoms with Crippen LogP contribution in [0.1, 0.15) is 39.5 Å². The minimum Gasteiger partial charge on any atom is -0.338 e. The highest BCUT2D eigenvalue weighted by molar-refractivity contribution is 5.89. The molecule has 1 aromatic carbocycles. The van der Waals surface area contributed by atoms with E-state index in [0.717, 1.165) is 19.3 Å². The number of nitrogens with one attached hydrogen (secondary N) is 2. The predicted octanol–water partition coefficient (Wildman–Crippen LogP) is 4.16. The number of carbonyl (C=O) groups is 1. The van der Waals surface area contributed by atoms with Gasteiger partial charge < -0.3 is 10.6 Å². The van der Waals surface area contributed by atoms with Crippen molar-refractivity contribution in [2.75, 3.05) is 11.9 Å². The van der Waals surface area contributed by atoms with Crippen LogP contribution < -0.4 is 10.6 Å². The van der Waals surface area contributed by atoms with Crippen LogP contribution in [0.4, 0.5) is 14.9 Å². The van der Waals surface area contributed by atoms with Gasteiger partial charge in [-0.15, -0.1) is 0 Å². The topological polar surface area (TPSA) is 41.1 Å². The number of hydrogen-bond donors (Lipinski definition) is 2. The van der Waals surface area contributed by atoms with Crippen LogP contribution in [0.2, 0.25) is 0 Å². The molecular formula is C15H23FN2O. The maximum atomic E-state index is 13.3. The van der Waals surface area contributed by atoms with Crippen molar-refractivity contribution in [1.82, 2.24) is 5.32 Å². The number of halogens is 1. The Balaban J connectivity index is 2.37. The minimum atomic E-state index is -0.421. The van der Waals surface area contributed by atoms with Gasteiger partial charge in [0.15, 0.2) is 0 Å². The first kappa shape index (κ1) is 15.5. The zero-order chi connectivity index (χ0) is 14.1. The number of amides is 2. The summed E-state index contributed by atoms with van der Waals surface area (Å²) in [5.41, 5.74) is 0.210. The third kappa shape index (κ3) is 5.73. The van der Waals surface area contributed by atoms with Crippen LogP contribution in [0.3, 0.4) is 0 Å². The lowest BCUT2D eigenvalue weighted by Crippen LogP contribution is -2.33. The summed E-state index contributed by atoms with van der Waals surface area (Å²) >= 11 is 0. The molecule has 0 spiro atoms. The van der Waals surface area contributed by atoms with Gasteiger partial charge in [0.2, 0.25) is 0 Å². The molecule has 0 fully saturated rings. The van der Waals surface area contributed by atoms with E-state index in [9.17, 15) is 9.18 Å². The van der Waals surface area contributed by atoms with Crippen LogP contribution in [0.25, 0.3) is 0 Å². The highest BCUT2D eigenvalue weighted by atomic mass is 19.1. The van der Waals surface area contributed by atoms with Gasteiger partial charge in [-0.3, -0.25) is 0 Å². The second kappa shape index (κ2) is 8.51. The van der Waals surface area contributed by atoms with Crippen LogP contribution in [0.15, 0.2) is 24.3 Å². The van der Waals surface area contributed by atoms with Gasteiger partial charge in [-0.25, -0.2) is 9.18 Å². The Bertz CT molecular complexity index is 395. The molecule has 1 aromatic rings. The standard InChI is InChI=1S/C15H23FN2O/c1-3-5-8-12(4-2)11-17-15(19)18-14-10-7-6-9-13(14)16/h6-7,9-10,12H,3-5,8,11H2,1-2H3,(H2,17,18,19). The Kier molecular flexibility index (Phi) is 6.93. The van der Waals surface area contributed by atoms with Gasteiger partial charge in [-0.2, -0.15) is 0 Å². The first-order chi connectivity index (χ1) is 9.17. The molecule has 2 amide bonds. The molecule has 0 saturated heterocycles. The highest BCUT2D eigenvalue weighted by Crippen LogP contribution is 2.13. The van der Waals surface area contributed by atoms with Crippen molar-refractivity contribution in [3.8, 4) is 0 Å². The molecule has 2 N–H and O–H groups in total. The van der Waals surface area contributed by atoms with Crippen molar-refractivity contribution < 1.29 is 9.18 Å². The van der Waals surface area contributed by atoms with E-state index in [1.807, 2.05) is 0 Å². The first-order valence-corrected chi connectivity index (χ1v) is 6.96. The molecule has 0 saturated carbocycles. The quantitative estimate of drug-likeness (QED) is 0.764. The van der Waals surface area contributed by atoms with Crippen LogP contribution in [-0.4, -0.2) is 12.6 Å². The molecule has 19 heavy (non-hydrogen) atoms. The summed E-state index contributed by atoms with van der Waals surface area (Å²) in [5.74, 6) is 0.0713. The molecule has 0 bridgehead atoms. The number of urea groups is 1. The summed E-state index contributed by atoms with van der Waals surface area (Å²) in [7, 11) is 0. The lowest BCUT2D eigenvalue weighted by Gasteiger charge is -2.15. The Morgan fingerprint density at radius 1 is 1.32 bits per heavy atom. The van der Waals surface area contributed by atoms with Crippen molar-refractivity contribution in [3.63, 3.8) is 0 Å². The van der Waals surface area contributed by atoms with E-state index in [-0.39, 0.29) is 11.7 Å². The predicted molar refractivity (Wildman–Crippen MR) is 76.7 cm³/mol. The van der Waals surface area contributed by atoms with Gasteiger partial charge in [0, 0.05) is 6.54 Å². The summed E-state index contributed by atoms with van der Waals surface area (Å²) in [5, 5.41) is 5.32. The first-order valence-electron chi connectivity index (χ1n) is 6.96. The second-order valence-electron chi connectivity index (χ2n) is 4.73. The minimum absolute atomic E-state index is 0.210. The van der Waals surface area contributed by atoms with Crippen molar-refractivity contribution in [2.45, 2.75) is 39.5 Å². The van der Waals surface area contributed by atoms with Crippen LogP contribution in [-0.2, 0) is 0 Å². The van der Waals surface area contributed by atoms with E-state index in [1.54, 1.807) is 18.2 Å². The third-order valence-electron chi connectivity index (χ3n) is 3.22. The molecule has 0 aromatic heterocycles. The van der Waals surface area contributed by atoms with Gasteiger partial charge in [0.25, 0.3) is 0 Å². The number of unbranched alkanes of at least 4 members (excludes halogenated alkanes) is 1. The van der Waals surface area contributed by atoms with Crippen molar-refractivity contribution >= 4 is 11.7 Å². The van der Waals surface area contributed by atoms with Crippen molar-refractivity contribution in [1.29, 1.82) is 0 Å². The van der Waals surface area contributed by atoms with E-state index in [4.69, 9.17) is 0 Å². The number of para-hydroxylation sites is 1. The monoisotopic (exact) mass is 266 g/mol. The van der Waals surface area contributed by atoms with Gasteiger partial charge in [0.05, 0.1) is 5.69 Å². The Hall–Kier alpha value is -1.58. The van der Waals surface area contributed by atoms with Crippen LogP contribution >= 0.6 is 0 Å². The van der Waals surface area contributed by atoms with Gasteiger partial charge in [-0.1, -0.05) is 45.2 Å². The number of anilines is 1. The maximum absolute atomic E-state index is 13.3. The lowest BCUT2D eigenvalue weighted by molar-refractivity contribution is 0.249. The van der Waals surface area contributed by atoms with E-state index in [2.05, 4.69) is 24.5 Å². The largest absolute Gasteiger partial charge is 0.338 e. The molecule has 0 aliphatic rings. The van der Waals surface area contributed by atoms with Crippen molar-refractivity contribution in [3.05, 3.63) is 30.1 Å². The van der Waals surface area contributed by atoms with Gasteiger partial charge in [0.1, 0.15) is 5.82 Å². The SMILES string of the molecule is CCCCC(CC)CNC(=O)Nc1ccccc1F. The summed E-state index contributed by atoms with van der Waals surface area (Å²) in [4.78, 5) is 11.7. The maximum Gasteiger partial charge on any atom is 0.319 e. The zero-order valence-corrected chi connectivity index (χ0v) is 11.7. The van der Waals surface area contributed by atoms with E-state index in [0.29, 0.717) is 12.5 Å². The molecule has 1 rings (SSSR count). The van der Waals surface area contributed by atoms with E-state index < -0.39 is 5.82 Å². The number of benzene rings is 1. The fourth-order valence-electron chi connectivity index (χ4n) is 1.91.